The molecular formula is C11H10Br2INS2. The number of thiophene rings is 2. The molecule has 0 saturated heterocycles. The summed E-state index contributed by atoms with van der Waals surface area (Å²) >= 11 is 13.0. The van der Waals surface area contributed by atoms with Gasteiger partial charge in [-0.2, -0.15) is 0 Å². The highest BCUT2D eigenvalue weighted by Gasteiger charge is 2.18. The fourth-order valence-corrected chi connectivity index (χ4v) is 5.16. The summed E-state index contributed by atoms with van der Waals surface area (Å²) in [5.41, 5.74) is 1.35. The van der Waals surface area contributed by atoms with Crippen LogP contribution in [0.3, 0.4) is 0 Å². The molecule has 0 fully saturated rings. The molecule has 17 heavy (non-hydrogen) atoms. The maximum absolute atomic E-state index is 3.56. The SMILES string of the molecule is CCNC(c1csc(I)c1)c1cc(Br)c(Br)s1. The standard InChI is InChI=1S/C11H10Br2INS2/c1-2-15-10(6-3-9(14)16-5-6)8-4-7(12)11(13)17-8/h3-5,10,15H,2H2,1H3. The van der Waals surface area contributed by atoms with Gasteiger partial charge >= 0.3 is 0 Å². The van der Waals surface area contributed by atoms with Crippen LogP contribution in [0.1, 0.15) is 23.4 Å². The fourth-order valence-electron chi connectivity index (χ4n) is 1.57. The third-order valence-electron chi connectivity index (χ3n) is 2.28. The summed E-state index contributed by atoms with van der Waals surface area (Å²) in [6.07, 6.45) is 0. The number of rotatable bonds is 4. The molecule has 0 aromatic carbocycles. The van der Waals surface area contributed by atoms with Gasteiger partial charge in [0.2, 0.25) is 0 Å². The Morgan fingerprint density at radius 2 is 2.18 bits per heavy atom. The van der Waals surface area contributed by atoms with Gasteiger partial charge in [-0.05, 0) is 84.1 Å². The molecule has 0 bridgehead atoms. The van der Waals surface area contributed by atoms with E-state index in [4.69, 9.17) is 0 Å². The van der Waals surface area contributed by atoms with Crippen LogP contribution in [0.25, 0.3) is 0 Å². The lowest BCUT2D eigenvalue weighted by molar-refractivity contribution is 0.641. The van der Waals surface area contributed by atoms with E-state index in [1.807, 2.05) is 0 Å². The number of hydrogen-bond acceptors (Lipinski definition) is 3. The Hall–Kier alpha value is 1.05. The van der Waals surface area contributed by atoms with Crippen LogP contribution >= 0.6 is 77.1 Å². The van der Waals surface area contributed by atoms with Crippen LogP contribution in [0.2, 0.25) is 0 Å². The van der Waals surface area contributed by atoms with E-state index in [-0.39, 0.29) is 0 Å². The van der Waals surface area contributed by atoms with Crippen molar-refractivity contribution in [1.29, 1.82) is 0 Å². The lowest BCUT2D eigenvalue weighted by Gasteiger charge is -2.14. The third-order valence-corrected chi connectivity index (χ3v) is 7.41. The van der Waals surface area contributed by atoms with E-state index < -0.39 is 0 Å². The highest BCUT2D eigenvalue weighted by atomic mass is 127. The summed E-state index contributed by atoms with van der Waals surface area (Å²) in [6.45, 7) is 3.10. The van der Waals surface area contributed by atoms with E-state index in [1.54, 1.807) is 22.7 Å². The smallest absolute Gasteiger partial charge is 0.0843 e. The molecule has 1 N–H and O–H groups in total. The molecule has 2 aromatic heterocycles. The van der Waals surface area contributed by atoms with Crippen molar-refractivity contribution in [2.45, 2.75) is 13.0 Å². The maximum atomic E-state index is 3.56. The second kappa shape index (κ2) is 6.47. The minimum atomic E-state index is 0.298. The predicted octanol–water partition coefficient (Wildman–Crippen LogP) is 5.64. The molecule has 2 aromatic rings. The van der Waals surface area contributed by atoms with Crippen LogP contribution in [0.15, 0.2) is 25.8 Å². The quantitative estimate of drug-likeness (QED) is 0.529. The van der Waals surface area contributed by atoms with E-state index >= 15 is 0 Å². The molecule has 0 aliphatic heterocycles. The topological polar surface area (TPSA) is 12.0 Å². The molecule has 0 amide bonds. The first-order chi connectivity index (χ1) is 8.11. The lowest BCUT2D eigenvalue weighted by atomic mass is 10.1. The summed E-state index contributed by atoms with van der Waals surface area (Å²) in [6, 6.07) is 4.74. The highest BCUT2D eigenvalue weighted by Crippen LogP contribution is 2.38. The number of halogens is 3. The van der Waals surface area contributed by atoms with Gasteiger partial charge in [-0.25, -0.2) is 0 Å². The summed E-state index contributed by atoms with van der Waals surface area (Å²) in [5, 5.41) is 5.77. The van der Waals surface area contributed by atoms with Crippen molar-refractivity contribution in [3.63, 3.8) is 0 Å². The monoisotopic (exact) mass is 505 g/mol. The van der Waals surface area contributed by atoms with Gasteiger partial charge in [-0.1, -0.05) is 6.92 Å². The predicted molar refractivity (Wildman–Crippen MR) is 92.3 cm³/mol. The Labute approximate surface area is 139 Å². The molecule has 92 valence electrons. The number of nitrogens with one attached hydrogen (secondary N) is 1. The van der Waals surface area contributed by atoms with Crippen LogP contribution < -0.4 is 5.32 Å². The van der Waals surface area contributed by atoms with Crippen molar-refractivity contribution in [2.75, 3.05) is 6.54 Å². The second-order valence-corrected chi connectivity index (χ2v) is 9.51. The van der Waals surface area contributed by atoms with Gasteiger partial charge in [-0.15, -0.1) is 22.7 Å². The highest BCUT2D eigenvalue weighted by molar-refractivity contribution is 14.1. The third kappa shape index (κ3) is 3.54. The van der Waals surface area contributed by atoms with Gasteiger partial charge in [0, 0.05) is 9.35 Å². The minimum absolute atomic E-state index is 0.298. The molecule has 1 atom stereocenters. The van der Waals surface area contributed by atoms with Crippen LogP contribution in [0, 0.1) is 2.88 Å². The van der Waals surface area contributed by atoms with E-state index in [0.29, 0.717) is 6.04 Å². The molecule has 2 heterocycles. The van der Waals surface area contributed by atoms with E-state index in [2.05, 4.69) is 84.2 Å². The van der Waals surface area contributed by atoms with Crippen LogP contribution in [0.5, 0.6) is 0 Å². The molecule has 0 radical (unpaired) electrons. The van der Waals surface area contributed by atoms with Gasteiger partial charge in [0.25, 0.3) is 0 Å². The van der Waals surface area contributed by atoms with Gasteiger partial charge in [0.1, 0.15) is 0 Å². The van der Waals surface area contributed by atoms with Crippen molar-refractivity contribution in [3.05, 3.63) is 39.1 Å². The Morgan fingerprint density at radius 3 is 2.65 bits per heavy atom. The van der Waals surface area contributed by atoms with Crippen LogP contribution in [0.4, 0.5) is 0 Å². The van der Waals surface area contributed by atoms with Gasteiger partial charge in [0.05, 0.1) is 12.7 Å². The zero-order chi connectivity index (χ0) is 12.4. The normalized spacial score (nSPS) is 12.9. The van der Waals surface area contributed by atoms with E-state index in [0.717, 1.165) is 14.8 Å². The fraction of sp³-hybridized carbons (Fsp3) is 0.273. The lowest BCUT2D eigenvalue weighted by Crippen LogP contribution is -2.20. The minimum Gasteiger partial charge on any atom is -0.306 e. The molecular weight excluding hydrogens is 497 g/mol. The molecule has 1 nitrogen and oxygen atoms in total. The molecule has 1 unspecified atom stereocenters. The van der Waals surface area contributed by atoms with E-state index in [9.17, 15) is 0 Å². The Kier molecular flexibility index (Phi) is 5.50. The molecule has 0 saturated carbocycles. The van der Waals surface area contributed by atoms with Gasteiger partial charge in [0.15, 0.2) is 0 Å². The summed E-state index contributed by atoms with van der Waals surface area (Å²) in [5.74, 6) is 0. The van der Waals surface area contributed by atoms with Crippen molar-refractivity contribution < 1.29 is 0 Å². The first-order valence-electron chi connectivity index (χ1n) is 5.04. The molecule has 6 heteroatoms. The molecule has 2 rings (SSSR count). The first-order valence-corrected chi connectivity index (χ1v) is 9.40. The molecule has 0 aliphatic rings. The zero-order valence-corrected chi connectivity index (χ0v) is 15.9. The van der Waals surface area contributed by atoms with Crippen LogP contribution in [-0.4, -0.2) is 6.54 Å². The number of hydrogen-bond donors (Lipinski definition) is 1. The average Bonchev–Trinajstić information content (AvgIpc) is 2.83. The molecule has 0 aliphatic carbocycles. The van der Waals surface area contributed by atoms with Crippen molar-refractivity contribution >= 4 is 77.1 Å². The van der Waals surface area contributed by atoms with Crippen molar-refractivity contribution in [1.82, 2.24) is 5.32 Å². The maximum Gasteiger partial charge on any atom is 0.0843 e. The molecule has 0 spiro atoms. The van der Waals surface area contributed by atoms with E-state index in [1.165, 1.54) is 13.3 Å². The zero-order valence-electron chi connectivity index (χ0n) is 8.97. The van der Waals surface area contributed by atoms with Crippen molar-refractivity contribution in [3.8, 4) is 0 Å². The second-order valence-electron chi connectivity index (χ2n) is 3.45. The van der Waals surface area contributed by atoms with Crippen LogP contribution in [-0.2, 0) is 0 Å². The summed E-state index contributed by atoms with van der Waals surface area (Å²) < 4.78 is 3.61. The Balaban J connectivity index is 2.34. The Morgan fingerprint density at radius 1 is 1.41 bits per heavy atom. The summed E-state index contributed by atoms with van der Waals surface area (Å²) in [4.78, 5) is 1.33. The average molecular weight is 507 g/mol. The Bertz CT molecular complexity index is 490. The first kappa shape index (κ1) is 14.5. The van der Waals surface area contributed by atoms with Gasteiger partial charge < -0.3 is 5.32 Å². The van der Waals surface area contributed by atoms with Gasteiger partial charge in [-0.3, -0.25) is 0 Å². The van der Waals surface area contributed by atoms with Crippen molar-refractivity contribution in [2.24, 2.45) is 0 Å². The largest absolute Gasteiger partial charge is 0.306 e. The summed E-state index contributed by atoms with van der Waals surface area (Å²) in [7, 11) is 0.